The Morgan fingerprint density at radius 2 is 1.91 bits per heavy atom. The highest BCUT2D eigenvalue weighted by molar-refractivity contribution is 7.13. The molecule has 0 spiro atoms. The topological polar surface area (TPSA) is 86.9 Å². The molecule has 9 nitrogen and oxygen atoms in total. The molecule has 3 fully saturated rings. The first-order valence-electron chi connectivity index (χ1n) is 15.7. The molecule has 2 unspecified atom stereocenters. The number of rotatable bonds is 11. The molecule has 1 aliphatic carbocycles. The Kier molecular flexibility index (Phi) is 7.51. The highest BCUT2D eigenvalue weighted by atomic mass is 32.1. The van der Waals surface area contributed by atoms with E-state index < -0.39 is 0 Å². The van der Waals surface area contributed by atoms with Gasteiger partial charge in [0.05, 0.1) is 28.0 Å². The molecule has 4 atom stereocenters. The lowest BCUT2D eigenvalue weighted by Crippen LogP contribution is -2.57. The Labute approximate surface area is 256 Å². The van der Waals surface area contributed by atoms with Crippen molar-refractivity contribution in [3.8, 4) is 21.8 Å². The smallest absolute Gasteiger partial charge is 0.245 e. The van der Waals surface area contributed by atoms with E-state index in [1.165, 1.54) is 6.42 Å². The van der Waals surface area contributed by atoms with Gasteiger partial charge in [-0.3, -0.25) is 9.59 Å². The fourth-order valence-corrected chi connectivity index (χ4v) is 7.49. The molecule has 0 N–H and O–H groups in total. The third-order valence-electron chi connectivity index (χ3n) is 9.67. The fraction of sp³-hybridized carbons (Fsp3) is 0.485. The van der Waals surface area contributed by atoms with Crippen LogP contribution in [0.4, 0.5) is 5.82 Å². The summed E-state index contributed by atoms with van der Waals surface area (Å²) in [5, 5.41) is 6.60. The van der Waals surface area contributed by atoms with Crippen molar-refractivity contribution >= 4 is 34.5 Å². The first-order valence-corrected chi connectivity index (χ1v) is 16.5. The van der Waals surface area contributed by atoms with Crippen LogP contribution < -0.4 is 4.90 Å². The number of piperidine rings is 1. The Bertz CT molecular complexity index is 1640. The van der Waals surface area contributed by atoms with E-state index in [2.05, 4.69) is 41.7 Å². The predicted molar refractivity (Wildman–Crippen MR) is 169 cm³/mol. The summed E-state index contributed by atoms with van der Waals surface area (Å²) < 4.78 is 1.75. The fourth-order valence-electron chi connectivity index (χ4n) is 6.79. The summed E-state index contributed by atoms with van der Waals surface area (Å²) in [6, 6.07) is 9.91. The third-order valence-corrected chi connectivity index (χ3v) is 10.6. The number of carbonyl (C=O) groups is 2. The Morgan fingerprint density at radius 1 is 1.09 bits per heavy atom. The summed E-state index contributed by atoms with van der Waals surface area (Å²) in [6.45, 7) is 11.0. The Morgan fingerprint density at radius 3 is 2.60 bits per heavy atom. The molecule has 6 heterocycles. The molecule has 1 saturated carbocycles. The minimum absolute atomic E-state index is 0.0932. The molecule has 0 bridgehead atoms. The van der Waals surface area contributed by atoms with Crippen molar-refractivity contribution in [1.82, 2.24) is 29.4 Å². The highest BCUT2D eigenvalue weighted by Gasteiger charge is 2.49. The number of likely N-dealkylation sites (tertiary alicyclic amines) is 1. The number of anilines is 1. The maximum absolute atomic E-state index is 13.7. The molecule has 2 aliphatic heterocycles. The molecular weight excluding hydrogens is 558 g/mol. The lowest BCUT2D eigenvalue weighted by atomic mass is 9.98. The lowest BCUT2D eigenvalue weighted by molar-refractivity contribution is -0.133. The molecule has 3 aliphatic rings. The lowest BCUT2D eigenvalue weighted by Gasteiger charge is -2.42. The van der Waals surface area contributed by atoms with Crippen molar-refractivity contribution < 1.29 is 9.59 Å². The maximum atomic E-state index is 13.7. The molecule has 0 radical (unpaired) electrons. The zero-order valence-corrected chi connectivity index (χ0v) is 26.0. The van der Waals surface area contributed by atoms with E-state index in [4.69, 9.17) is 9.97 Å². The van der Waals surface area contributed by atoms with Crippen LogP contribution in [0.25, 0.3) is 27.5 Å². The van der Waals surface area contributed by atoms with Gasteiger partial charge in [0.2, 0.25) is 5.91 Å². The molecule has 2 saturated heterocycles. The zero-order valence-electron chi connectivity index (χ0n) is 25.1. The normalized spacial score (nSPS) is 21.7. The number of Topliss-reactive ketones (excluding diaryl/α,β-unsaturated/α-hetero) is 1. The number of pyridine rings is 1. The van der Waals surface area contributed by atoms with Gasteiger partial charge in [-0.2, -0.15) is 5.10 Å². The van der Waals surface area contributed by atoms with Crippen molar-refractivity contribution in [1.29, 1.82) is 0 Å². The van der Waals surface area contributed by atoms with Crippen LogP contribution in [0.1, 0.15) is 56.8 Å². The average Bonchev–Trinajstić information content (AvgIpc) is 3.42. The SMILES string of the molecule is CCN(CC)[C@@H](C)CCC(=O)c1cc(-c2cnn3ccc(-c4cccs4)nc23)nc(N2CC[C@H]2C(=O)N2CC3CC3C2)c1. The summed E-state index contributed by atoms with van der Waals surface area (Å²) in [5.74, 6) is 2.37. The van der Waals surface area contributed by atoms with Crippen LogP contribution in [0, 0.1) is 11.8 Å². The Balaban J connectivity index is 1.22. The van der Waals surface area contributed by atoms with Crippen LogP contribution in [-0.2, 0) is 4.79 Å². The van der Waals surface area contributed by atoms with Crippen LogP contribution in [0.3, 0.4) is 0 Å². The van der Waals surface area contributed by atoms with Crippen molar-refractivity contribution in [2.75, 3.05) is 37.6 Å². The number of ketones is 1. The molecule has 10 heteroatoms. The number of amides is 1. The minimum Gasteiger partial charge on any atom is -0.344 e. The first kappa shape index (κ1) is 28.2. The Hall–Kier alpha value is -3.63. The quantitative estimate of drug-likeness (QED) is 0.218. The van der Waals surface area contributed by atoms with Crippen molar-refractivity contribution in [3.05, 3.63) is 53.7 Å². The predicted octanol–water partition coefficient (Wildman–Crippen LogP) is 5.27. The van der Waals surface area contributed by atoms with Crippen molar-refractivity contribution in [2.45, 2.75) is 58.5 Å². The molecule has 224 valence electrons. The third kappa shape index (κ3) is 5.35. The minimum atomic E-state index is -0.224. The summed E-state index contributed by atoms with van der Waals surface area (Å²) in [5.41, 5.74) is 3.62. The first-order chi connectivity index (χ1) is 20.9. The second-order valence-corrected chi connectivity index (χ2v) is 13.2. The molecule has 4 aromatic rings. The van der Waals surface area contributed by atoms with Gasteiger partial charge in [-0.15, -0.1) is 11.3 Å². The monoisotopic (exact) mass is 597 g/mol. The number of hydrogen-bond acceptors (Lipinski definition) is 8. The molecular formula is C33H39N7O2S. The molecule has 1 amide bonds. The molecule has 4 aromatic heterocycles. The zero-order chi connectivity index (χ0) is 29.7. The van der Waals surface area contributed by atoms with Gasteiger partial charge in [0.1, 0.15) is 11.9 Å². The van der Waals surface area contributed by atoms with E-state index in [0.29, 0.717) is 47.0 Å². The van der Waals surface area contributed by atoms with E-state index in [9.17, 15) is 9.59 Å². The van der Waals surface area contributed by atoms with Crippen LogP contribution in [0.15, 0.2) is 48.1 Å². The summed E-state index contributed by atoms with van der Waals surface area (Å²) in [4.78, 5) is 44.8. The molecule has 0 aromatic carbocycles. The van der Waals surface area contributed by atoms with Gasteiger partial charge in [-0.25, -0.2) is 14.5 Å². The summed E-state index contributed by atoms with van der Waals surface area (Å²) >= 11 is 1.64. The van der Waals surface area contributed by atoms with E-state index >= 15 is 0 Å². The van der Waals surface area contributed by atoms with E-state index in [1.807, 2.05) is 40.7 Å². The standard InChI is InChI=1S/C33H39N7O2S/c1-4-37(5-2)21(3)8-9-29(41)22-16-27(25-18-34-40-13-10-26(36-32(25)40)30-7-6-14-43-30)35-31(17-22)39-12-11-28(39)33(42)38-19-23-15-24(23)20-38/h6-7,10,13-14,16-18,21,23-24,28H,4-5,8-9,11-12,15,19-20H2,1-3H3/t21-,23?,24?,28-/m0/s1. The van der Waals surface area contributed by atoms with Crippen LogP contribution in [-0.4, -0.2) is 85.9 Å². The largest absolute Gasteiger partial charge is 0.344 e. The van der Waals surface area contributed by atoms with E-state index in [0.717, 1.165) is 61.7 Å². The molecule has 7 rings (SSSR count). The van der Waals surface area contributed by atoms with Gasteiger partial charge < -0.3 is 14.7 Å². The summed E-state index contributed by atoms with van der Waals surface area (Å²) in [7, 11) is 0. The van der Waals surface area contributed by atoms with Gasteiger partial charge >= 0.3 is 0 Å². The van der Waals surface area contributed by atoms with Gasteiger partial charge in [-0.05, 0) is 80.8 Å². The second-order valence-electron chi connectivity index (χ2n) is 12.2. The maximum Gasteiger partial charge on any atom is 0.245 e. The van der Waals surface area contributed by atoms with Gasteiger partial charge in [0, 0.05) is 43.9 Å². The van der Waals surface area contributed by atoms with Crippen LogP contribution in [0.5, 0.6) is 0 Å². The second kappa shape index (κ2) is 11.5. The highest BCUT2D eigenvalue weighted by Crippen LogP contribution is 2.45. The molecule has 43 heavy (non-hydrogen) atoms. The van der Waals surface area contributed by atoms with Gasteiger partial charge in [-0.1, -0.05) is 19.9 Å². The van der Waals surface area contributed by atoms with Crippen LogP contribution >= 0.6 is 11.3 Å². The number of aromatic nitrogens is 4. The van der Waals surface area contributed by atoms with E-state index in [1.54, 1.807) is 22.0 Å². The van der Waals surface area contributed by atoms with Crippen LogP contribution in [0.2, 0.25) is 0 Å². The van der Waals surface area contributed by atoms with E-state index in [-0.39, 0.29) is 17.7 Å². The summed E-state index contributed by atoms with van der Waals surface area (Å²) in [6.07, 6.45) is 7.01. The number of nitrogens with zero attached hydrogens (tertiary/aromatic N) is 7. The van der Waals surface area contributed by atoms with Crippen molar-refractivity contribution in [2.24, 2.45) is 11.8 Å². The number of hydrogen-bond donors (Lipinski definition) is 0. The van der Waals surface area contributed by atoms with Crippen molar-refractivity contribution in [3.63, 3.8) is 0 Å². The number of fused-ring (bicyclic) bond motifs is 2. The van der Waals surface area contributed by atoms with Gasteiger partial charge in [0.15, 0.2) is 11.4 Å². The average molecular weight is 598 g/mol. The number of carbonyl (C=O) groups excluding carboxylic acids is 2. The number of thiophene rings is 1. The van der Waals surface area contributed by atoms with Gasteiger partial charge in [0.25, 0.3) is 0 Å².